The highest BCUT2D eigenvalue weighted by Crippen LogP contribution is 2.41. The summed E-state index contributed by atoms with van der Waals surface area (Å²) in [4.78, 5) is 11.0. The second-order valence-corrected chi connectivity index (χ2v) is 5.95. The summed E-state index contributed by atoms with van der Waals surface area (Å²) >= 11 is 0. The third-order valence-corrected chi connectivity index (χ3v) is 4.60. The Morgan fingerprint density at radius 2 is 1.88 bits per heavy atom. The molecule has 1 aliphatic heterocycles. The number of ether oxygens (including phenoxy) is 2. The van der Waals surface area contributed by atoms with E-state index in [-0.39, 0.29) is 0 Å². The lowest BCUT2D eigenvalue weighted by atomic mass is 10.00. The van der Waals surface area contributed by atoms with Gasteiger partial charge in [0.2, 0.25) is 0 Å². The number of phenolic OH excluding ortho intramolecular Hbond substituents is 1. The Balaban J connectivity index is 1.93. The van der Waals surface area contributed by atoms with E-state index >= 15 is 0 Å². The summed E-state index contributed by atoms with van der Waals surface area (Å²) in [5.41, 5.74) is 2.73. The second kappa shape index (κ2) is 6.12. The lowest BCUT2D eigenvalue weighted by Crippen LogP contribution is -2.25. The quantitative estimate of drug-likeness (QED) is 0.790. The van der Waals surface area contributed by atoms with Crippen LogP contribution >= 0.6 is 0 Å². The van der Waals surface area contributed by atoms with Crippen LogP contribution in [0.3, 0.4) is 0 Å². The largest absolute Gasteiger partial charge is 0.508 e. The van der Waals surface area contributed by atoms with Gasteiger partial charge in [-0.25, -0.2) is 9.97 Å². The first kappa shape index (κ1) is 15.5. The van der Waals surface area contributed by atoms with E-state index in [2.05, 4.69) is 14.9 Å². The van der Waals surface area contributed by atoms with Gasteiger partial charge in [-0.05, 0) is 31.0 Å². The minimum Gasteiger partial charge on any atom is -0.508 e. The molecule has 0 amide bonds. The molecule has 6 nitrogen and oxygen atoms in total. The van der Waals surface area contributed by atoms with Crippen LogP contribution in [0.25, 0.3) is 10.9 Å². The fourth-order valence-corrected chi connectivity index (χ4v) is 3.41. The van der Waals surface area contributed by atoms with E-state index in [1.165, 1.54) is 0 Å². The summed E-state index contributed by atoms with van der Waals surface area (Å²) in [7, 11) is 3.22. The van der Waals surface area contributed by atoms with E-state index in [0.29, 0.717) is 17.2 Å². The molecule has 128 valence electrons. The predicted molar refractivity (Wildman–Crippen MR) is 96.1 cm³/mol. The number of hydrogen-bond acceptors (Lipinski definition) is 6. The number of rotatable bonds is 3. The maximum Gasteiger partial charge on any atom is 0.162 e. The number of fused-ring (bicyclic) bond motifs is 2. The Labute approximate surface area is 145 Å². The lowest BCUT2D eigenvalue weighted by molar-refractivity contribution is 0.356. The maximum absolute atomic E-state index is 10.2. The summed E-state index contributed by atoms with van der Waals surface area (Å²) in [6.07, 6.45) is 3.36. The Hall–Kier alpha value is -3.02. The molecule has 2 aromatic carbocycles. The molecule has 0 radical (unpaired) electrons. The Bertz CT molecular complexity index is 943. The first-order valence-electron chi connectivity index (χ1n) is 8.18. The number of hydrogen-bond donors (Lipinski definition) is 1. The van der Waals surface area contributed by atoms with Crippen LogP contribution in [0.15, 0.2) is 36.7 Å². The number of methoxy groups -OCH3 is 2. The molecule has 2 heterocycles. The Morgan fingerprint density at radius 3 is 2.68 bits per heavy atom. The molecule has 1 N–H and O–H groups in total. The molecule has 25 heavy (non-hydrogen) atoms. The molecule has 0 saturated carbocycles. The van der Waals surface area contributed by atoms with Gasteiger partial charge in [0.1, 0.15) is 17.9 Å². The summed E-state index contributed by atoms with van der Waals surface area (Å²) in [5, 5.41) is 11.1. The summed E-state index contributed by atoms with van der Waals surface area (Å²) in [5.74, 6) is 2.41. The van der Waals surface area contributed by atoms with Crippen LogP contribution in [0, 0.1) is 0 Å². The summed E-state index contributed by atoms with van der Waals surface area (Å²) in [6, 6.07) is 9.37. The molecule has 1 aliphatic rings. The number of nitrogens with zero attached hydrogens (tertiary/aromatic N) is 3. The normalized spacial score (nSPS) is 13.6. The van der Waals surface area contributed by atoms with Gasteiger partial charge in [0.05, 0.1) is 19.7 Å². The van der Waals surface area contributed by atoms with E-state index in [0.717, 1.165) is 47.4 Å². The minimum absolute atomic E-state index is 0.333. The monoisotopic (exact) mass is 337 g/mol. The fraction of sp³-hybridized carbons (Fsp3) is 0.263. The van der Waals surface area contributed by atoms with Crippen LogP contribution in [0.2, 0.25) is 0 Å². The van der Waals surface area contributed by atoms with Crippen molar-refractivity contribution in [3.05, 3.63) is 42.2 Å². The molecule has 0 spiro atoms. The zero-order chi connectivity index (χ0) is 17.4. The van der Waals surface area contributed by atoms with Crippen molar-refractivity contribution in [3.63, 3.8) is 0 Å². The molecule has 0 saturated heterocycles. The van der Waals surface area contributed by atoms with Crippen molar-refractivity contribution < 1.29 is 14.6 Å². The zero-order valence-corrected chi connectivity index (χ0v) is 14.2. The molecule has 0 bridgehead atoms. The highest BCUT2D eigenvalue weighted by Gasteiger charge is 2.23. The molecule has 0 aliphatic carbocycles. The van der Waals surface area contributed by atoms with Crippen LogP contribution in [0.1, 0.15) is 12.0 Å². The maximum atomic E-state index is 10.2. The van der Waals surface area contributed by atoms with Gasteiger partial charge in [-0.1, -0.05) is 6.07 Å². The van der Waals surface area contributed by atoms with Gasteiger partial charge in [0.15, 0.2) is 11.5 Å². The smallest absolute Gasteiger partial charge is 0.162 e. The molecule has 3 aromatic rings. The van der Waals surface area contributed by atoms with Crippen molar-refractivity contribution in [2.24, 2.45) is 0 Å². The standard InChI is InChI=1S/C19H19N3O3/c1-24-17-9-13-14(10-18(17)25-2)20-11-21-19(13)22-8-4-5-12-15(22)6-3-7-16(12)23/h3,6-7,9-11,23H,4-5,8H2,1-2H3. The van der Waals surface area contributed by atoms with E-state index < -0.39 is 0 Å². The van der Waals surface area contributed by atoms with Crippen LogP contribution in [0.4, 0.5) is 11.5 Å². The third kappa shape index (κ3) is 2.50. The molecule has 0 atom stereocenters. The number of aromatic nitrogens is 2. The average molecular weight is 337 g/mol. The second-order valence-electron chi connectivity index (χ2n) is 5.95. The molecule has 0 fully saturated rings. The summed E-state index contributed by atoms with van der Waals surface area (Å²) < 4.78 is 10.8. The highest BCUT2D eigenvalue weighted by atomic mass is 16.5. The fourth-order valence-electron chi connectivity index (χ4n) is 3.41. The van der Waals surface area contributed by atoms with Crippen molar-refractivity contribution in [1.29, 1.82) is 0 Å². The SMILES string of the molecule is COc1cc2ncnc(N3CCCc4c(O)cccc43)c2cc1OC. The third-order valence-electron chi connectivity index (χ3n) is 4.60. The Kier molecular flexibility index (Phi) is 3.80. The number of anilines is 2. The van der Waals surface area contributed by atoms with Gasteiger partial charge in [-0.2, -0.15) is 0 Å². The van der Waals surface area contributed by atoms with Gasteiger partial charge >= 0.3 is 0 Å². The van der Waals surface area contributed by atoms with Crippen LogP contribution in [-0.4, -0.2) is 35.8 Å². The van der Waals surface area contributed by atoms with Crippen molar-refractivity contribution in [1.82, 2.24) is 9.97 Å². The lowest BCUT2D eigenvalue weighted by Gasteiger charge is -2.31. The van der Waals surface area contributed by atoms with Crippen molar-refractivity contribution in [3.8, 4) is 17.2 Å². The predicted octanol–water partition coefficient (Wildman–Crippen LogP) is 3.44. The van der Waals surface area contributed by atoms with Gasteiger partial charge in [-0.15, -0.1) is 0 Å². The van der Waals surface area contributed by atoms with Crippen LogP contribution < -0.4 is 14.4 Å². The number of phenols is 1. The first-order chi connectivity index (χ1) is 12.2. The molecule has 1 aromatic heterocycles. The topological polar surface area (TPSA) is 67.7 Å². The summed E-state index contributed by atoms with van der Waals surface area (Å²) in [6.45, 7) is 0.830. The highest BCUT2D eigenvalue weighted by molar-refractivity contribution is 5.94. The molecule has 0 unspecified atom stereocenters. The first-order valence-corrected chi connectivity index (χ1v) is 8.18. The van der Waals surface area contributed by atoms with Gasteiger partial charge in [0.25, 0.3) is 0 Å². The van der Waals surface area contributed by atoms with Gasteiger partial charge < -0.3 is 19.5 Å². The zero-order valence-electron chi connectivity index (χ0n) is 14.2. The molecular weight excluding hydrogens is 318 g/mol. The van der Waals surface area contributed by atoms with E-state index in [1.807, 2.05) is 24.3 Å². The van der Waals surface area contributed by atoms with Crippen LogP contribution in [0.5, 0.6) is 17.2 Å². The molecule has 6 heteroatoms. The number of aromatic hydroxyl groups is 1. The molecule has 4 rings (SSSR count). The van der Waals surface area contributed by atoms with E-state index in [9.17, 15) is 5.11 Å². The number of benzene rings is 2. The minimum atomic E-state index is 0.333. The van der Waals surface area contributed by atoms with Gasteiger partial charge in [0, 0.05) is 29.2 Å². The van der Waals surface area contributed by atoms with Crippen molar-refractivity contribution >= 4 is 22.4 Å². The molecular formula is C19H19N3O3. The van der Waals surface area contributed by atoms with Crippen molar-refractivity contribution in [2.75, 3.05) is 25.7 Å². The van der Waals surface area contributed by atoms with E-state index in [4.69, 9.17) is 9.47 Å². The van der Waals surface area contributed by atoms with Gasteiger partial charge in [-0.3, -0.25) is 0 Å². The average Bonchev–Trinajstić information content (AvgIpc) is 2.66. The van der Waals surface area contributed by atoms with Crippen LogP contribution in [-0.2, 0) is 6.42 Å². The Morgan fingerprint density at radius 1 is 1.08 bits per heavy atom. The van der Waals surface area contributed by atoms with E-state index in [1.54, 1.807) is 26.6 Å². The van der Waals surface area contributed by atoms with Crippen molar-refractivity contribution in [2.45, 2.75) is 12.8 Å².